The molecule has 1 heteroatoms. The van der Waals surface area contributed by atoms with Gasteiger partial charge in [0.15, 0.2) is 18.9 Å². The Kier molecular flexibility index (Phi) is 12.9. The highest BCUT2D eigenvalue weighted by Crippen LogP contribution is 2.14. The number of aromatic nitrogens is 1. The molecule has 23 heavy (non-hydrogen) atoms. The van der Waals surface area contributed by atoms with E-state index in [1.165, 1.54) is 90.0 Å². The molecule has 0 radical (unpaired) electrons. The van der Waals surface area contributed by atoms with E-state index in [0.29, 0.717) is 0 Å². The minimum absolute atomic E-state index is 0.797. The van der Waals surface area contributed by atoms with Gasteiger partial charge in [-0.05, 0) is 6.42 Å². The van der Waals surface area contributed by atoms with Crippen molar-refractivity contribution in [1.29, 1.82) is 0 Å². The van der Waals surface area contributed by atoms with Crippen LogP contribution in [0.15, 0.2) is 30.6 Å². The molecule has 1 aromatic rings. The summed E-state index contributed by atoms with van der Waals surface area (Å²) in [7, 11) is 0. The standard InChI is InChI=1S/C22H40N/c1-3-4-5-6-7-8-9-10-11-12-13-15-18-22(2)21-23-19-16-14-17-20-23/h14,16-17,19-20,22H,3-13,15,18,21H2,1-2H3/q+1. The zero-order valence-corrected chi connectivity index (χ0v) is 15.8. The fraction of sp³-hybridized carbons (Fsp3) is 0.773. The second-order valence-corrected chi connectivity index (χ2v) is 7.36. The van der Waals surface area contributed by atoms with E-state index in [1.54, 1.807) is 0 Å². The van der Waals surface area contributed by atoms with E-state index >= 15 is 0 Å². The maximum absolute atomic E-state index is 2.39. The molecule has 0 aliphatic rings. The first-order valence-electron chi connectivity index (χ1n) is 10.3. The highest BCUT2D eigenvalue weighted by Gasteiger charge is 2.07. The summed E-state index contributed by atoms with van der Waals surface area (Å²) in [6, 6.07) is 6.33. The van der Waals surface area contributed by atoms with Gasteiger partial charge in [-0.2, -0.15) is 0 Å². The summed E-state index contributed by atoms with van der Waals surface area (Å²) in [6.45, 7) is 5.85. The molecule has 1 atom stereocenters. The quantitative estimate of drug-likeness (QED) is 0.250. The van der Waals surface area contributed by atoms with E-state index in [9.17, 15) is 0 Å². The van der Waals surface area contributed by atoms with Gasteiger partial charge < -0.3 is 0 Å². The normalized spacial score (nSPS) is 12.4. The molecule has 0 spiro atoms. The van der Waals surface area contributed by atoms with E-state index < -0.39 is 0 Å². The van der Waals surface area contributed by atoms with Gasteiger partial charge in [-0.3, -0.25) is 0 Å². The second-order valence-electron chi connectivity index (χ2n) is 7.36. The van der Waals surface area contributed by atoms with Crippen molar-refractivity contribution >= 4 is 0 Å². The van der Waals surface area contributed by atoms with Crippen LogP contribution in [0, 0.1) is 5.92 Å². The highest BCUT2D eigenvalue weighted by atomic mass is 14.9. The van der Waals surface area contributed by atoms with Gasteiger partial charge in [0, 0.05) is 18.1 Å². The lowest BCUT2D eigenvalue weighted by Gasteiger charge is -2.08. The number of pyridine rings is 1. The molecule has 0 fully saturated rings. The van der Waals surface area contributed by atoms with Gasteiger partial charge in [-0.25, -0.2) is 4.57 Å². The van der Waals surface area contributed by atoms with E-state index in [-0.39, 0.29) is 0 Å². The van der Waals surface area contributed by atoms with Gasteiger partial charge in [0.1, 0.15) is 0 Å². The van der Waals surface area contributed by atoms with Crippen LogP contribution < -0.4 is 4.57 Å². The zero-order valence-electron chi connectivity index (χ0n) is 15.8. The number of nitrogens with zero attached hydrogens (tertiary/aromatic N) is 1. The molecule has 1 unspecified atom stereocenters. The van der Waals surface area contributed by atoms with Crippen molar-refractivity contribution in [3.8, 4) is 0 Å². The van der Waals surface area contributed by atoms with Crippen LogP contribution in [-0.4, -0.2) is 0 Å². The topological polar surface area (TPSA) is 3.88 Å². The van der Waals surface area contributed by atoms with Crippen LogP contribution in [0.4, 0.5) is 0 Å². The molecule has 0 aromatic carbocycles. The molecule has 0 saturated heterocycles. The Hall–Kier alpha value is -0.850. The summed E-state index contributed by atoms with van der Waals surface area (Å²) in [5.41, 5.74) is 0. The maximum Gasteiger partial charge on any atom is 0.168 e. The third-order valence-electron chi connectivity index (χ3n) is 4.85. The van der Waals surface area contributed by atoms with Crippen LogP contribution in [0.5, 0.6) is 0 Å². The van der Waals surface area contributed by atoms with Crippen molar-refractivity contribution in [2.24, 2.45) is 5.92 Å². The van der Waals surface area contributed by atoms with Crippen LogP contribution in [0.1, 0.15) is 97.3 Å². The minimum atomic E-state index is 0.797. The van der Waals surface area contributed by atoms with Crippen LogP contribution in [0.25, 0.3) is 0 Å². The zero-order chi connectivity index (χ0) is 16.6. The summed E-state index contributed by atoms with van der Waals surface area (Å²) < 4.78 is 2.31. The summed E-state index contributed by atoms with van der Waals surface area (Å²) in [5, 5.41) is 0. The Bertz CT molecular complexity index is 346. The Morgan fingerprint density at radius 3 is 1.65 bits per heavy atom. The summed E-state index contributed by atoms with van der Waals surface area (Å²) in [6.07, 6.45) is 23.0. The van der Waals surface area contributed by atoms with Gasteiger partial charge >= 0.3 is 0 Å². The molecule has 1 rings (SSSR count). The lowest BCUT2D eigenvalue weighted by molar-refractivity contribution is -0.703. The van der Waals surface area contributed by atoms with Crippen LogP contribution in [-0.2, 0) is 6.54 Å². The van der Waals surface area contributed by atoms with E-state index in [0.717, 1.165) is 5.92 Å². The fourth-order valence-electron chi connectivity index (χ4n) is 3.34. The van der Waals surface area contributed by atoms with Gasteiger partial charge in [0.05, 0.1) is 0 Å². The summed E-state index contributed by atoms with van der Waals surface area (Å²) in [5.74, 6) is 0.797. The molecular weight excluding hydrogens is 278 g/mol. The molecule has 1 nitrogen and oxygen atoms in total. The number of unbranched alkanes of at least 4 members (excludes halogenated alkanes) is 11. The first-order valence-corrected chi connectivity index (χ1v) is 10.3. The van der Waals surface area contributed by atoms with Crippen molar-refractivity contribution in [1.82, 2.24) is 0 Å². The van der Waals surface area contributed by atoms with Crippen molar-refractivity contribution in [2.75, 3.05) is 0 Å². The number of hydrogen-bond donors (Lipinski definition) is 0. The molecule has 1 heterocycles. The predicted octanol–water partition coefficient (Wildman–Crippen LogP) is 6.70. The number of rotatable bonds is 15. The average Bonchev–Trinajstić information content (AvgIpc) is 2.57. The SMILES string of the molecule is CCCCCCCCCCCCCCC(C)C[n+]1ccccc1. The van der Waals surface area contributed by atoms with Crippen molar-refractivity contribution in [3.05, 3.63) is 30.6 Å². The summed E-state index contributed by atoms with van der Waals surface area (Å²) >= 11 is 0. The van der Waals surface area contributed by atoms with Crippen molar-refractivity contribution < 1.29 is 4.57 Å². The minimum Gasteiger partial charge on any atom is -0.205 e. The lowest BCUT2D eigenvalue weighted by atomic mass is 10.0. The maximum atomic E-state index is 2.39. The molecule has 0 aliphatic carbocycles. The summed E-state index contributed by atoms with van der Waals surface area (Å²) in [4.78, 5) is 0. The van der Waals surface area contributed by atoms with Gasteiger partial charge in [0.25, 0.3) is 0 Å². The Morgan fingerprint density at radius 1 is 0.652 bits per heavy atom. The molecule has 132 valence electrons. The molecule has 0 N–H and O–H groups in total. The first-order chi connectivity index (χ1) is 11.3. The van der Waals surface area contributed by atoms with Crippen LogP contribution in [0.2, 0.25) is 0 Å². The van der Waals surface area contributed by atoms with Crippen molar-refractivity contribution in [2.45, 2.75) is 104 Å². The third-order valence-corrected chi connectivity index (χ3v) is 4.85. The fourth-order valence-corrected chi connectivity index (χ4v) is 3.34. The van der Waals surface area contributed by atoms with Crippen LogP contribution in [0.3, 0.4) is 0 Å². The van der Waals surface area contributed by atoms with E-state index in [4.69, 9.17) is 0 Å². The van der Waals surface area contributed by atoms with Gasteiger partial charge in [0.2, 0.25) is 0 Å². The largest absolute Gasteiger partial charge is 0.205 e. The van der Waals surface area contributed by atoms with E-state index in [1.807, 2.05) is 0 Å². The lowest BCUT2D eigenvalue weighted by Crippen LogP contribution is -2.35. The van der Waals surface area contributed by atoms with E-state index in [2.05, 4.69) is 49.0 Å². The average molecular weight is 319 g/mol. The molecule has 0 saturated carbocycles. The van der Waals surface area contributed by atoms with Gasteiger partial charge in [-0.15, -0.1) is 0 Å². The first kappa shape index (κ1) is 20.2. The predicted molar refractivity (Wildman–Crippen MR) is 101 cm³/mol. The highest BCUT2D eigenvalue weighted by molar-refractivity contribution is 4.83. The van der Waals surface area contributed by atoms with Crippen molar-refractivity contribution in [3.63, 3.8) is 0 Å². The monoisotopic (exact) mass is 318 g/mol. The molecule has 0 aliphatic heterocycles. The molecule has 0 amide bonds. The van der Waals surface area contributed by atoms with Crippen LogP contribution >= 0.6 is 0 Å². The Labute approximate surface area is 145 Å². The van der Waals surface area contributed by atoms with Gasteiger partial charge in [-0.1, -0.05) is 97.0 Å². The molecule has 0 bridgehead atoms. The Balaban J connectivity index is 1.82. The molecular formula is C22H40N+. The molecule has 1 aromatic heterocycles. The smallest absolute Gasteiger partial charge is 0.168 e. The Morgan fingerprint density at radius 2 is 1.13 bits per heavy atom. The third kappa shape index (κ3) is 12.3. The number of hydrogen-bond acceptors (Lipinski definition) is 0. The second kappa shape index (κ2) is 14.7.